The van der Waals surface area contributed by atoms with Crippen LogP contribution in [0.25, 0.3) is 5.69 Å². The first-order chi connectivity index (χ1) is 9.61. The quantitative estimate of drug-likeness (QED) is 0.907. The SMILES string of the molecule is COc1ccc(-n2c(C)cc3c2CCCC3O)c(C)c1. The maximum absolute atomic E-state index is 10.2. The number of hydrogen-bond donors (Lipinski definition) is 1. The molecule has 0 aliphatic heterocycles. The number of aliphatic hydroxyl groups excluding tert-OH is 1. The Labute approximate surface area is 119 Å². The number of aromatic nitrogens is 1. The lowest BCUT2D eigenvalue weighted by molar-refractivity contribution is 0.156. The lowest BCUT2D eigenvalue weighted by Gasteiger charge is -2.21. The van der Waals surface area contributed by atoms with Gasteiger partial charge in [-0.1, -0.05) is 0 Å². The number of rotatable bonds is 2. The highest BCUT2D eigenvalue weighted by Gasteiger charge is 2.24. The maximum atomic E-state index is 10.2. The maximum Gasteiger partial charge on any atom is 0.119 e. The van der Waals surface area contributed by atoms with Crippen molar-refractivity contribution in [1.29, 1.82) is 0 Å². The molecular formula is C17H21NO2. The number of methoxy groups -OCH3 is 1. The average Bonchev–Trinajstić information content (AvgIpc) is 2.77. The van der Waals surface area contributed by atoms with E-state index in [0.717, 1.165) is 30.6 Å². The number of aliphatic hydroxyl groups is 1. The molecule has 1 aromatic carbocycles. The van der Waals surface area contributed by atoms with Crippen molar-refractivity contribution >= 4 is 0 Å². The summed E-state index contributed by atoms with van der Waals surface area (Å²) in [7, 11) is 1.69. The zero-order chi connectivity index (χ0) is 14.3. The molecule has 1 heterocycles. The summed E-state index contributed by atoms with van der Waals surface area (Å²) in [4.78, 5) is 0. The van der Waals surface area contributed by atoms with E-state index in [2.05, 4.69) is 36.6 Å². The first-order valence-corrected chi connectivity index (χ1v) is 7.16. The smallest absolute Gasteiger partial charge is 0.119 e. The van der Waals surface area contributed by atoms with Crippen molar-refractivity contribution in [2.24, 2.45) is 0 Å². The zero-order valence-electron chi connectivity index (χ0n) is 12.3. The molecule has 1 aromatic heterocycles. The summed E-state index contributed by atoms with van der Waals surface area (Å²) in [6, 6.07) is 8.28. The van der Waals surface area contributed by atoms with Gasteiger partial charge in [-0.25, -0.2) is 0 Å². The second-order valence-electron chi connectivity index (χ2n) is 5.58. The molecule has 0 saturated heterocycles. The summed E-state index contributed by atoms with van der Waals surface area (Å²) in [5.41, 5.74) is 5.91. The van der Waals surface area contributed by atoms with Gasteiger partial charge in [0.2, 0.25) is 0 Å². The van der Waals surface area contributed by atoms with Gasteiger partial charge in [0.15, 0.2) is 0 Å². The van der Waals surface area contributed by atoms with Crippen LogP contribution in [-0.2, 0) is 6.42 Å². The highest BCUT2D eigenvalue weighted by molar-refractivity contribution is 5.50. The highest BCUT2D eigenvalue weighted by atomic mass is 16.5. The van der Waals surface area contributed by atoms with E-state index in [-0.39, 0.29) is 6.10 Å². The molecule has 20 heavy (non-hydrogen) atoms. The second kappa shape index (κ2) is 4.98. The molecule has 0 saturated carbocycles. The van der Waals surface area contributed by atoms with Crippen molar-refractivity contribution in [3.63, 3.8) is 0 Å². The number of aryl methyl sites for hydroxylation is 2. The molecule has 3 heteroatoms. The largest absolute Gasteiger partial charge is 0.497 e. The van der Waals surface area contributed by atoms with Crippen molar-refractivity contribution in [3.05, 3.63) is 46.8 Å². The predicted octanol–water partition coefficient (Wildman–Crippen LogP) is 3.47. The monoisotopic (exact) mass is 271 g/mol. The van der Waals surface area contributed by atoms with E-state index < -0.39 is 0 Å². The van der Waals surface area contributed by atoms with Crippen LogP contribution in [0.2, 0.25) is 0 Å². The van der Waals surface area contributed by atoms with Gasteiger partial charge in [-0.05, 0) is 62.9 Å². The van der Waals surface area contributed by atoms with Crippen LogP contribution in [-0.4, -0.2) is 16.8 Å². The van der Waals surface area contributed by atoms with Gasteiger partial charge >= 0.3 is 0 Å². The molecule has 3 nitrogen and oxygen atoms in total. The molecule has 0 amide bonds. The van der Waals surface area contributed by atoms with Crippen molar-refractivity contribution < 1.29 is 9.84 Å². The molecule has 1 aliphatic carbocycles. The molecular weight excluding hydrogens is 250 g/mol. The zero-order valence-corrected chi connectivity index (χ0v) is 12.3. The third-order valence-electron chi connectivity index (χ3n) is 4.22. The number of benzene rings is 1. The lowest BCUT2D eigenvalue weighted by atomic mass is 9.95. The standard InChI is InChI=1S/C17H21NO2/c1-11-9-13(20-3)7-8-15(11)18-12(2)10-14-16(18)5-4-6-17(14)19/h7-10,17,19H,4-6H2,1-3H3. The van der Waals surface area contributed by atoms with Crippen LogP contribution in [0.4, 0.5) is 0 Å². The molecule has 1 atom stereocenters. The Morgan fingerprint density at radius 1 is 1.25 bits per heavy atom. The topological polar surface area (TPSA) is 34.4 Å². The fourth-order valence-corrected chi connectivity index (χ4v) is 3.22. The molecule has 0 radical (unpaired) electrons. The summed E-state index contributed by atoms with van der Waals surface area (Å²) in [6.45, 7) is 4.21. The minimum Gasteiger partial charge on any atom is -0.497 e. The van der Waals surface area contributed by atoms with Crippen LogP contribution in [0.3, 0.4) is 0 Å². The Kier molecular flexibility index (Phi) is 3.30. The molecule has 1 N–H and O–H groups in total. The van der Waals surface area contributed by atoms with Crippen molar-refractivity contribution in [3.8, 4) is 11.4 Å². The van der Waals surface area contributed by atoms with E-state index >= 15 is 0 Å². The summed E-state index contributed by atoms with van der Waals surface area (Å²) < 4.78 is 7.56. The van der Waals surface area contributed by atoms with E-state index in [9.17, 15) is 5.11 Å². The third-order valence-corrected chi connectivity index (χ3v) is 4.22. The van der Waals surface area contributed by atoms with Crippen molar-refractivity contribution in [1.82, 2.24) is 4.57 Å². The second-order valence-corrected chi connectivity index (χ2v) is 5.58. The molecule has 3 rings (SSSR count). The van der Waals surface area contributed by atoms with Gasteiger partial charge in [0, 0.05) is 22.6 Å². The van der Waals surface area contributed by atoms with E-state index in [1.807, 2.05) is 6.07 Å². The summed E-state index contributed by atoms with van der Waals surface area (Å²) in [6.07, 6.45) is 2.65. The van der Waals surface area contributed by atoms with Crippen LogP contribution in [0.5, 0.6) is 5.75 Å². The van der Waals surface area contributed by atoms with Gasteiger partial charge in [-0.15, -0.1) is 0 Å². The van der Waals surface area contributed by atoms with Gasteiger partial charge in [-0.2, -0.15) is 0 Å². The summed E-state index contributed by atoms with van der Waals surface area (Å²) >= 11 is 0. The van der Waals surface area contributed by atoms with Crippen LogP contribution in [0, 0.1) is 13.8 Å². The van der Waals surface area contributed by atoms with Gasteiger partial charge < -0.3 is 14.4 Å². The van der Waals surface area contributed by atoms with Gasteiger partial charge in [-0.3, -0.25) is 0 Å². The molecule has 0 bridgehead atoms. The van der Waals surface area contributed by atoms with Crippen LogP contribution >= 0.6 is 0 Å². The van der Waals surface area contributed by atoms with Crippen molar-refractivity contribution in [2.45, 2.75) is 39.2 Å². The highest BCUT2D eigenvalue weighted by Crippen LogP contribution is 2.35. The van der Waals surface area contributed by atoms with E-state index in [1.165, 1.54) is 22.6 Å². The Morgan fingerprint density at radius 3 is 2.75 bits per heavy atom. The molecule has 106 valence electrons. The van der Waals surface area contributed by atoms with Gasteiger partial charge in [0.25, 0.3) is 0 Å². The summed E-state index contributed by atoms with van der Waals surface area (Å²) in [5, 5.41) is 10.2. The van der Waals surface area contributed by atoms with E-state index in [1.54, 1.807) is 7.11 Å². The minimum atomic E-state index is -0.308. The van der Waals surface area contributed by atoms with Crippen LogP contribution in [0.1, 0.15) is 41.5 Å². The average molecular weight is 271 g/mol. The normalized spacial score (nSPS) is 17.9. The van der Waals surface area contributed by atoms with E-state index in [0.29, 0.717) is 0 Å². The number of nitrogens with zero attached hydrogens (tertiary/aromatic N) is 1. The van der Waals surface area contributed by atoms with Gasteiger partial charge in [0.05, 0.1) is 13.2 Å². The van der Waals surface area contributed by atoms with Crippen LogP contribution < -0.4 is 4.74 Å². The Morgan fingerprint density at radius 2 is 2.05 bits per heavy atom. The Balaban J connectivity index is 2.15. The fourth-order valence-electron chi connectivity index (χ4n) is 3.22. The van der Waals surface area contributed by atoms with Crippen molar-refractivity contribution in [2.75, 3.05) is 7.11 Å². The molecule has 1 unspecified atom stereocenters. The minimum absolute atomic E-state index is 0.308. The fraction of sp³-hybridized carbons (Fsp3) is 0.412. The molecule has 2 aromatic rings. The van der Waals surface area contributed by atoms with Gasteiger partial charge in [0.1, 0.15) is 5.75 Å². The third kappa shape index (κ3) is 2.02. The first kappa shape index (κ1) is 13.3. The number of fused-ring (bicyclic) bond motifs is 1. The summed E-state index contributed by atoms with van der Waals surface area (Å²) in [5.74, 6) is 0.880. The van der Waals surface area contributed by atoms with E-state index in [4.69, 9.17) is 4.74 Å². The first-order valence-electron chi connectivity index (χ1n) is 7.16. The lowest BCUT2D eigenvalue weighted by Crippen LogP contribution is -2.12. The molecule has 0 fully saturated rings. The number of hydrogen-bond acceptors (Lipinski definition) is 2. The molecule has 1 aliphatic rings. The predicted molar refractivity (Wildman–Crippen MR) is 79.7 cm³/mol. The van der Waals surface area contributed by atoms with Crippen LogP contribution in [0.15, 0.2) is 24.3 Å². The number of ether oxygens (including phenoxy) is 1. The Bertz CT molecular complexity index is 643. The Hall–Kier alpha value is -1.74. The molecule has 0 spiro atoms.